The lowest BCUT2D eigenvalue weighted by Gasteiger charge is -2.30. The summed E-state index contributed by atoms with van der Waals surface area (Å²) in [5, 5.41) is 3.32. The zero-order valence-electron chi connectivity index (χ0n) is 13.1. The van der Waals surface area contributed by atoms with E-state index in [1.807, 2.05) is 13.8 Å². The molecule has 0 aromatic carbocycles. The Hall–Kier alpha value is -1.62. The van der Waals surface area contributed by atoms with E-state index in [4.69, 9.17) is 4.74 Å². The second kappa shape index (κ2) is 7.41. The van der Waals surface area contributed by atoms with Crippen molar-refractivity contribution in [2.45, 2.75) is 32.8 Å². The predicted octanol–water partition coefficient (Wildman–Crippen LogP) is 2.40. The molecule has 1 aliphatic rings. The Bertz CT molecular complexity index is 476. The molecule has 1 aliphatic heterocycles. The zero-order valence-corrected chi connectivity index (χ0v) is 13.1. The monoisotopic (exact) mass is 291 g/mol. The van der Waals surface area contributed by atoms with Gasteiger partial charge in [0.05, 0.1) is 6.10 Å². The van der Waals surface area contributed by atoms with Gasteiger partial charge < -0.3 is 15.0 Å². The average molecular weight is 291 g/mol. The van der Waals surface area contributed by atoms with Gasteiger partial charge in [-0.05, 0) is 58.3 Å². The molecule has 5 heteroatoms. The van der Waals surface area contributed by atoms with Crippen molar-refractivity contribution in [2.75, 3.05) is 32.0 Å². The summed E-state index contributed by atoms with van der Waals surface area (Å²) in [6.07, 6.45) is 4.02. The molecule has 5 nitrogen and oxygen atoms in total. The quantitative estimate of drug-likeness (QED) is 0.844. The normalized spacial score (nSPS) is 19.5. The van der Waals surface area contributed by atoms with E-state index in [1.165, 1.54) is 19.4 Å². The molecular formula is C16H25N3O2. The highest BCUT2D eigenvalue weighted by molar-refractivity contribution is 5.94. The third-order valence-electron chi connectivity index (χ3n) is 3.65. The summed E-state index contributed by atoms with van der Waals surface area (Å²) in [6, 6.07) is 3.52. The number of anilines is 1. The van der Waals surface area contributed by atoms with Gasteiger partial charge in [-0.1, -0.05) is 0 Å². The molecule has 1 atom stereocenters. The number of piperidine rings is 1. The zero-order chi connectivity index (χ0) is 15.2. The van der Waals surface area contributed by atoms with Gasteiger partial charge in [-0.3, -0.25) is 0 Å². The molecule has 2 rings (SSSR count). The molecule has 1 N–H and O–H groups in total. The molecule has 0 amide bonds. The highest BCUT2D eigenvalue weighted by atomic mass is 16.5. The lowest BCUT2D eigenvalue weighted by atomic mass is 9.98. The maximum Gasteiger partial charge on any atom is 0.342 e. The Kier molecular flexibility index (Phi) is 5.56. The van der Waals surface area contributed by atoms with Crippen LogP contribution in [-0.4, -0.2) is 48.6 Å². The van der Waals surface area contributed by atoms with Crippen LogP contribution in [0.4, 0.5) is 5.82 Å². The smallest absolute Gasteiger partial charge is 0.342 e. The number of carbonyl (C=O) groups is 1. The number of esters is 1. The summed E-state index contributed by atoms with van der Waals surface area (Å²) in [6.45, 7) is 6.79. The summed E-state index contributed by atoms with van der Waals surface area (Å²) < 4.78 is 5.26. The van der Waals surface area contributed by atoms with Crippen LogP contribution < -0.4 is 5.32 Å². The first-order valence-corrected chi connectivity index (χ1v) is 7.64. The summed E-state index contributed by atoms with van der Waals surface area (Å²) in [7, 11) is 2.15. The van der Waals surface area contributed by atoms with Gasteiger partial charge >= 0.3 is 5.97 Å². The Morgan fingerprint density at radius 2 is 2.38 bits per heavy atom. The van der Waals surface area contributed by atoms with Crippen molar-refractivity contribution in [1.82, 2.24) is 9.88 Å². The van der Waals surface area contributed by atoms with E-state index in [0.717, 1.165) is 13.1 Å². The lowest BCUT2D eigenvalue weighted by molar-refractivity contribution is 0.0378. The van der Waals surface area contributed by atoms with E-state index >= 15 is 0 Å². The number of likely N-dealkylation sites (tertiary alicyclic amines) is 1. The molecule has 1 fully saturated rings. The Balaban J connectivity index is 1.98. The molecular weight excluding hydrogens is 266 g/mol. The summed E-state index contributed by atoms with van der Waals surface area (Å²) in [4.78, 5) is 18.7. The van der Waals surface area contributed by atoms with Crippen LogP contribution in [0.25, 0.3) is 0 Å². The number of pyridine rings is 1. The van der Waals surface area contributed by atoms with Crippen molar-refractivity contribution in [3.05, 3.63) is 23.9 Å². The van der Waals surface area contributed by atoms with Gasteiger partial charge in [0.25, 0.3) is 0 Å². The van der Waals surface area contributed by atoms with Gasteiger partial charge in [0.15, 0.2) is 0 Å². The van der Waals surface area contributed by atoms with Gasteiger partial charge in [-0.25, -0.2) is 9.78 Å². The Labute approximate surface area is 126 Å². The van der Waals surface area contributed by atoms with Crippen LogP contribution in [0, 0.1) is 5.92 Å². The number of ether oxygens (including phenoxy) is 1. The molecule has 0 aliphatic carbocycles. The standard InChI is InChI=1S/C16H25N3O2/c1-12(2)21-16(20)14-7-4-8-17-15(14)18-10-13-6-5-9-19(3)11-13/h4,7-8,12-13H,5-6,9-11H2,1-3H3,(H,17,18). The largest absolute Gasteiger partial charge is 0.459 e. The molecule has 0 spiro atoms. The van der Waals surface area contributed by atoms with Crippen molar-refractivity contribution in [3.8, 4) is 0 Å². The van der Waals surface area contributed by atoms with Crippen LogP contribution in [0.15, 0.2) is 18.3 Å². The van der Waals surface area contributed by atoms with Gasteiger partial charge in [-0.15, -0.1) is 0 Å². The third kappa shape index (κ3) is 4.70. The van der Waals surface area contributed by atoms with E-state index in [0.29, 0.717) is 17.3 Å². The first kappa shape index (κ1) is 15.8. The molecule has 0 bridgehead atoms. The Morgan fingerprint density at radius 3 is 3.10 bits per heavy atom. The first-order chi connectivity index (χ1) is 10.1. The number of nitrogens with zero attached hydrogens (tertiary/aromatic N) is 2. The van der Waals surface area contributed by atoms with Gasteiger partial charge in [0.2, 0.25) is 0 Å². The second-order valence-corrected chi connectivity index (χ2v) is 6.01. The molecule has 2 heterocycles. The van der Waals surface area contributed by atoms with Gasteiger partial charge in [0.1, 0.15) is 11.4 Å². The highest BCUT2D eigenvalue weighted by Gasteiger charge is 2.19. The summed E-state index contributed by atoms with van der Waals surface area (Å²) >= 11 is 0. The van der Waals surface area contributed by atoms with Crippen LogP contribution in [0.2, 0.25) is 0 Å². The fraction of sp³-hybridized carbons (Fsp3) is 0.625. The summed E-state index contributed by atoms with van der Waals surface area (Å²) in [5.41, 5.74) is 0.510. The highest BCUT2D eigenvalue weighted by Crippen LogP contribution is 2.18. The van der Waals surface area contributed by atoms with Gasteiger partial charge in [-0.2, -0.15) is 0 Å². The number of hydrogen-bond acceptors (Lipinski definition) is 5. The van der Waals surface area contributed by atoms with Crippen molar-refractivity contribution < 1.29 is 9.53 Å². The topological polar surface area (TPSA) is 54.5 Å². The van der Waals surface area contributed by atoms with Gasteiger partial charge in [0, 0.05) is 19.3 Å². The average Bonchev–Trinajstić information content (AvgIpc) is 2.45. The van der Waals surface area contributed by atoms with Crippen LogP contribution >= 0.6 is 0 Å². The van der Waals surface area contributed by atoms with E-state index in [1.54, 1.807) is 18.3 Å². The molecule has 1 aromatic heterocycles. The first-order valence-electron chi connectivity index (χ1n) is 7.64. The molecule has 1 unspecified atom stereocenters. The minimum absolute atomic E-state index is 0.127. The fourth-order valence-electron chi connectivity index (χ4n) is 2.67. The molecule has 1 saturated heterocycles. The second-order valence-electron chi connectivity index (χ2n) is 6.01. The molecule has 21 heavy (non-hydrogen) atoms. The molecule has 0 radical (unpaired) electrons. The van der Waals surface area contributed by atoms with Crippen molar-refractivity contribution in [2.24, 2.45) is 5.92 Å². The van der Waals surface area contributed by atoms with E-state index in [9.17, 15) is 4.79 Å². The lowest BCUT2D eigenvalue weighted by Crippen LogP contribution is -2.35. The summed E-state index contributed by atoms with van der Waals surface area (Å²) in [5.74, 6) is 0.900. The fourth-order valence-corrected chi connectivity index (χ4v) is 2.67. The van der Waals surface area contributed by atoms with Crippen molar-refractivity contribution >= 4 is 11.8 Å². The minimum atomic E-state index is -0.318. The van der Waals surface area contributed by atoms with Crippen molar-refractivity contribution in [3.63, 3.8) is 0 Å². The number of aromatic nitrogens is 1. The van der Waals surface area contributed by atoms with E-state index < -0.39 is 0 Å². The number of hydrogen-bond donors (Lipinski definition) is 1. The van der Waals surface area contributed by atoms with Crippen LogP contribution in [0.1, 0.15) is 37.0 Å². The Morgan fingerprint density at radius 1 is 1.57 bits per heavy atom. The SMILES string of the molecule is CC(C)OC(=O)c1cccnc1NCC1CCCN(C)C1. The molecule has 116 valence electrons. The molecule has 0 saturated carbocycles. The number of rotatable bonds is 5. The maximum absolute atomic E-state index is 12.1. The van der Waals surface area contributed by atoms with Crippen molar-refractivity contribution in [1.29, 1.82) is 0 Å². The van der Waals surface area contributed by atoms with E-state index in [2.05, 4.69) is 22.2 Å². The predicted molar refractivity (Wildman–Crippen MR) is 83.5 cm³/mol. The van der Waals surface area contributed by atoms with E-state index in [-0.39, 0.29) is 12.1 Å². The third-order valence-corrected chi connectivity index (χ3v) is 3.65. The minimum Gasteiger partial charge on any atom is -0.459 e. The number of carbonyl (C=O) groups excluding carboxylic acids is 1. The number of nitrogens with one attached hydrogen (secondary N) is 1. The molecule has 1 aromatic rings. The van der Waals surface area contributed by atoms with Crippen LogP contribution in [-0.2, 0) is 4.74 Å². The maximum atomic E-state index is 12.1. The van der Waals surface area contributed by atoms with Crippen LogP contribution in [0.3, 0.4) is 0 Å². The van der Waals surface area contributed by atoms with Crippen LogP contribution in [0.5, 0.6) is 0 Å².